The van der Waals surface area contributed by atoms with E-state index in [1.165, 1.54) is 0 Å². The number of benzene rings is 1. The first-order valence-corrected chi connectivity index (χ1v) is 5.44. The first-order valence-electron chi connectivity index (χ1n) is 3.94. The van der Waals surface area contributed by atoms with Gasteiger partial charge in [0, 0.05) is 11.0 Å². The van der Waals surface area contributed by atoms with Crippen LogP contribution in [0.25, 0.3) is 6.08 Å². The van der Waals surface area contributed by atoms with E-state index in [0.29, 0.717) is 0 Å². The molecular weight excluding hydrogens is 249 g/mol. The molecule has 0 aliphatic heterocycles. The van der Waals surface area contributed by atoms with Crippen LogP contribution < -0.4 is 5.73 Å². The third-order valence-electron chi connectivity index (χ3n) is 1.84. The van der Waals surface area contributed by atoms with Crippen LogP contribution in [-0.4, -0.2) is 5.33 Å². The molecule has 70 valence electrons. The lowest BCUT2D eigenvalue weighted by Gasteiger charge is -2.05. The molecule has 2 N–H and O–H groups in total. The normalized spacial score (nSPS) is 11.0. The SMILES string of the molecule is Cc1c(N)ccc(C=CCBr)c1Cl. The Morgan fingerprint density at radius 3 is 2.85 bits per heavy atom. The predicted molar refractivity (Wildman–Crippen MR) is 63.4 cm³/mol. The smallest absolute Gasteiger partial charge is 0.0527 e. The molecule has 0 fully saturated rings. The van der Waals surface area contributed by atoms with Gasteiger partial charge in [0.1, 0.15) is 0 Å². The number of nitrogens with two attached hydrogens (primary N) is 1. The molecule has 0 spiro atoms. The van der Waals surface area contributed by atoms with Crippen molar-refractivity contribution in [1.82, 2.24) is 0 Å². The summed E-state index contributed by atoms with van der Waals surface area (Å²) in [6.07, 6.45) is 3.97. The Bertz CT molecular complexity index is 334. The number of allylic oxidation sites excluding steroid dienone is 1. The quantitative estimate of drug-likeness (QED) is 0.638. The molecule has 0 aliphatic rings. The van der Waals surface area contributed by atoms with Crippen molar-refractivity contribution < 1.29 is 0 Å². The third kappa shape index (κ3) is 2.48. The lowest BCUT2D eigenvalue weighted by atomic mass is 10.1. The molecule has 0 aliphatic carbocycles. The van der Waals surface area contributed by atoms with Crippen LogP contribution in [0, 0.1) is 6.92 Å². The Labute approximate surface area is 91.7 Å². The van der Waals surface area contributed by atoms with Gasteiger partial charge in [0.15, 0.2) is 0 Å². The fourth-order valence-electron chi connectivity index (χ4n) is 1.02. The summed E-state index contributed by atoms with van der Waals surface area (Å²) in [5.41, 5.74) is 8.39. The average Bonchev–Trinajstić information content (AvgIpc) is 2.13. The summed E-state index contributed by atoms with van der Waals surface area (Å²) in [4.78, 5) is 0. The molecule has 0 aromatic heterocycles. The Hall–Kier alpha value is -0.470. The molecule has 0 saturated carbocycles. The monoisotopic (exact) mass is 259 g/mol. The van der Waals surface area contributed by atoms with Crippen LogP contribution in [0.5, 0.6) is 0 Å². The second kappa shape index (κ2) is 4.68. The fraction of sp³-hybridized carbons (Fsp3) is 0.200. The van der Waals surface area contributed by atoms with Crippen molar-refractivity contribution in [3.63, 3.8) is 0 Å². The Kier molecular flexibility index (Phi) is 3.82. The number of alkyl halides is 1. The Morgan fingerprint density at radius 1 is 1.54 bits per heavy atom. The summed E-state index contributed by atoms with van der Waals surface area (Å²) in [5.74, 6) is 0. The minimum Gasteiger partial charge on any atom is -0.398 e. The van der Waals surface area contributed by atoms with E-state index < -0.39 is 0 Å². The van der Waals surface area contributed by atoms with Crippen LogP contribution in [0.2, 0.25) is 5.02 Å². The highest BCUT2D eigenvalue weighted by Crippen LogP contribution is 2.26. The van der Waals surface area contributed by atoms with E-state index in [0.717, 1.165) is 27.2 Å². The number of halogens is 2. The number of hydrogen-bond donors (Lipinski definition) is 1. The van der Waals surface area contributed by atoms with Gasteiger partial charge in [0.05, 0.1) is 5.02 Å². The van der Waals surface area contributed by atoms with Crippen LogP contribution in [0.3, 0.4) is 0 Å². The summed E-state index contributed by atoms with van der Waals surface area (Å²) in [5, 5.41) is 1.56. The van der Waals surface area contributed by atoms with Gasteiger partial charge in [-0.2, -0.15) is 0 Å². The van der Waals surface area contributed by atoms with E-state index in [-0.39, 0.29) is 0 Å². The zero-order valence-electron chi connectivity index (χ0n) is 7.35. The summed E-state index contributed by atoms with van der Waals surface area (Å²) >= 11 is 9.40. The molecule has 1 aromatic carbocycles. The number of rotatable bonds is 2. The summed E-state index contributed by atoms with van der Waals surface area (Å²) in [6, 6.07) is 3.79. The van der Waals surface area contributed by atoms with Crippen molar-refractivity contribution in [2.45, 2.75) is 6.92 Å². The molecule has 1 aromatic rings. The van der Waals surface area contributed by atoms with Gasteiger partial charge in [0.2, 0.25) is 0 Å². The van der Waals surface area contributed by atoms with Gasteiger partial charge in [-0.1, -0.05) is 45.7 Å². The Morgan fingerprint density at radius 2 is 2.23 bits per heavy atom. The second-order valence-electron chi connectivity index (χ2n) is 2.74. The minimum absolute atomic E-state index is 0.734. The number of hydrogen-bond acceptors (Lipinski definition) is 1. The fourth-order valence-corrected chi connectivity index (χ4v) is 1.44. The standard InChI is InChI=1S/C10H11BrClN/c1-7-9(13)5-4-8(10(7)12)3-2-6-11/h2-5H,6,13H2,1H3. The zero-order chi connectivity index (χ0) is 9.84. The molecule has 1 nitrogen and oxygen atoms in total. The van der Waals surface area contributed by atoms with Gasteiger partial charge >= 0.3 is 0 Å². The summed E-state index contributed by atoms with van der Waals surface area (Å²) < 4.78 is 0. The largest absolute Gasteiger partial charge is 0.398 e. The van der Waals surface area contributed by atoms with Gasteiger partial charge < -0.3 is 5.73 Å². The molecule has 0 saturated heterocycles. The van der Waals surface area contributed by atoms with E-state index in [1.54, 1.807) is 0 Å². The summed E-state index contributed by atoms with van der Waals surface area (Å²) in [7, 11) is 0. The van der Waals surface area contributed by atoms with Crippen molar-refractivity contribution >= 4 is 39.3 Å². The van der Waals surface area contributed by atoms with Gasteiger partial charge in [-0.05, 0) is 24.1 Å². The Balaban J connectivity index is 3.11. The van der Waals surface area contributed by atoms with E-state index >= 15 is 0 Å². The van der Waals surface area contributed by atoms with Crippen LogP contribution in [0.15, 0.2) is 18.2 Å². The molecule has 0 atom stereocenters. The maximum atomic E-state index is 6.09. The number of anilines is 1. The molecule has 3 heteroatoms. The molecule has 0 bridgehead atoms. The van der Waals surface area contributed by atoms with E-state index in [2.05, 4.69) is 15.9 Å². The van der Waals surface area contributed by atoms with Crippen molar-refractivity contribution in [2.24, 2.45) is 0 Å². The molecule has 13 heavy (non-hydrogen) atoms. The van der Waals surface area contributed by atoms with Gasteiger partial charge in [-0.3, -0.25) is 0 Å². The highest BCUT2D eigenvalue weighted by Gasteiger charge is 2.02. The van der Waals surface area contributed by atoms with E-state index in [9.17, 15) is 0 Å². The van der Waals surface area contributed by atoms with Crippen LogP contribution >= 0.6 is 27.5 Å². The first-order chi connectivity index (χ1) is 6.16. The van der Waals surface area contributed by atoms with Crippen molar-refractivity contribution in [3.05, 3.63) is 34.4 Å². The van der Waals surface area contributed by atoms with Crippen LogP contribution in [0.1, 0.15) is 11.1 Å². The molecule has 0 unspecified atom stereocenters. The maximum absolute atomic E-state index is 6.09. The lowest BCUT2D eigenvalue weighted by molar-refractivity contribution is 1.46. The van der Waals surface area contributed by atoms with Gasteiger partial charge in [-0.25, -0.2) is 0 Å². The molecule has 1 rings (SSSR count). The van der Waals surface area contributed by atoms with Crippen LogP contribution in [-0.2, 0) is 0 Å². The highest BCUT2D eigenvalue weighted by atomic mass is 79.9. The predicted octanol–water partition coefficient (Wildman–Crippen LogP) is 3.64. The van der Waals surface area contributed by atoms with Crippen molar-refractivity contribution in [1.29, 1.82) is 0 Å². The second-order valence-corrected chi connectivity index (χ2v) is 3.77. The first kappa shape index (κ1) is 10.6. The third-order valence-corrected chi connectivity index (χ3v) is 2.72. The lowest BCUT2D eigenvalue weighted by Crippen LogP contribution is -1.91. The van der Waals surface area contributed by atoms with Gasteiger partial charge in [0.25, 0.3) is 0 Å². The zero-order valence-corrected chi connectivity index (χ0v) is 9.69. The van der Waals surface area contributed by atoms with Crippen molar-refractivity contribution in [3.8, 4) is 0 Å². The maximum Gasteiger partial charge on any atom is 0.0527 e. The van der Waals surface area contributed by atoms with E-state index in [1.807, 2.05) is 31.2 Å². The molecular formula is C10H11BrClN. The molecule has 0 amide bonds. The summed E-state index contributed by atoms with van der Waals surface area (Å²) in [6.45, 7) is 1.92. The highest BCUT2D eigenvalue weighted by molar-refractivity contribution is 9.09. The molecule has 0 radical (unpaired) electrons. The molecule has 0 heterocycles. The van der Waals surface area contributed by atoms with Crippen LogP contribution in [0.4, 0.5) is 5.69 Å². The van der Waals surface area contributed by atoms with E-state index in [4.69, 9.17) is 17.3 Å². The topological polar surface area (TPSA) is 26.0 Å². The average molecular weight is 261 g/mol. The number of nitrogen functional groups attached to an aromatic ring is 1. The van der Waals surface area contributed by atoms with Crippen molar-refractivity contribution in [2.75, 3.05) is 11.1 Å². The van der Waals surface area contributed by atoms with Gasteiger partial charge in [-0.15, -0.1) is 0 Å². The minimum atomic E-state index is 0.734.